The zero-order chi connectivity index (χ0) is 22.5. The highest BCUT2D eigenvalue weighted by atomic mass is 19.1. The molecule has 1 amide bonds. The van der Waals surface area contributed by atoms with Gasteiger partial charge in [0.1, 0.15) is 24.8 Å². The van der Waals surface area contributed by atoms with Crippen molar-refractivity contribution in [1.82, 2.24) is 18.7 Å². The summed E-state index contributed by atoms with van der Waals surface area (Å²) >= 11 is 0. The summed E-state index contributed by atoms with van der Waals surface area (Å²) in [5.74, 6) is -0.731. The van der Waals surface area contributed by atoms with Crippen molar-refractivity contribution in [2.45, 2.75) is 59.4 Å². The molecule has 0 saturated heterocycles. The third kappa shape index (κ3) is 4.58. The number of halogens is 1. The SMILES string of the molecule is CCCCn1c(=O)n(CC(=O)Nc2ccc(F)cc2)c(=O)c2c1nc(CO)n2CCC. The smallest absolute Gasteiger partial charge is 0.333 e. The number of anilines is 1. The highest BCUT2D eigenvalue weighted by Gasteiger charge is 2.22. The van der Waals surface area contributed by atoms with Crippen molar-refractivity contribution in [3.8, 4) is 0 Å². The van der Waals surface area contributed by atoms with Crippen LogP contribution >= 0.6 is 0 Å². The predicted molar refractivity (Wildman–Crippen MR) is 114 cm³/mol. The molecule has 31 heavy (non-hydrogen) atoms. The Morgan fingerprint density at radius 1 is 1.06 bits per heavy atom. The molecule has 10 heteroatoms. The molecule has 0 aliphatic carbocycles. The molecule has 0 saturated carbocycles. The summed E-state index contributed by atoms with van der Waals surface area (Å²) in [4.78, 5) is 43.2. The number of benzene rings is 1. The van der Waals surface area contributed by atoms with E-state index in [1.165, 1.54) is 28.8 Å². The number of nitrogens with one attached hydrogen (secondary N) is 1. The van der Waals surface area contributed by atoms with Crippen LogP contribution in [0.4, 0.5) is 10.1 Å². The minimum atomic E-state index is -0.636. The second-order valence-electron chi connectivity index (χ2n) is 7.24. The van der Waals surface area contributed by atoms with Gasteiger partial charge in [0, 0.05) is 18.8 Å². The van der Waals surface area contributed by atoms with Crippen LogP contribution in [0.5, 0.6) is 0 Å². The lowest BCUT2D eigenvalue weighted by Gasteiger charge is -2.12. The first-order valence-electron chi connectivity index (χ1n) is 10.3. The van der Waals surface area contributed by atoms with E-state index >= 15 is 0 Å². The van der Waals surface area contributed by atoms with Gasteiger partial charge in [-0.2, -0.15) is 0 Å². The van der Waals surface area contributed by atoms with Gasteiger partial charge in [-0.05, 0) is 37.1 Å². The van der Waals surface area contributed by atoms with E-state index < -0.39 is 29.5 Å². The van der Waals surface area contributed by atoms with E-state index in [-0.39, 0.29) is 17.8 Å². The maximum Gasteiger partial charge on any atom is 0.333 e. The molecule has 9 nitrogen and oxygen atoms in total. The van der Waals surface area contributed by atoms with Crippen LogP contribution in [0, 0.1) is 5.82 Å². The quantitative estimate of drug-likeness (QED) is 0.537. The number of carbonyl (C=O) groups excluding carboxylic acids is 1. The van der Waals surface area contributed by atoms with Gasteiger partial charge in [-0.25, -0.2) is 18.7 Å². The Bertz CT molecular complexity index is 1190. The van der Waals surface area contributed by atoms with Crippen LogP contribution in [0.25, 0.3) is 11.2 Å². The Kier molecular flexibility index (Phi) is 7.01. The standard InChI is InChI=1S/C21H26FN5O4/c1-3-5-11-26-19-18(25(10-4-2)16(13-28)24-19)20(30)27(21(26)31)12-17(29)23-15-8-6-14(22)7-9-15/h6-9,28H,3-5,10-13H2,1-2H3,(H,23,29). The van der Waals surface area contributed by atoms with Crippen LogP contribution in [0.15, 0.2) is 33.9 Å². The van der Waals surface area contributed by atoms with E-state index in [0.717, 1.165) is 11.0 Å². The zero-order valence-electron chi connectivity index (χ0n) is 17.6. The fourth-order valence-corrected chi connectivity index (χ4v) is 3.46. The van der Waals surface area contributed by atoms with E-state index in [0.29, 0.717) is 37.4 Å². The predicted octanol–water partition coefficient (Wildman–Crippen LogP) is 1.84. The minimum absolute atomic E-state index is 0.191. The van der Waals surface area contributed by atoms with Gasteiger partial charge in [0.15, 0.2) is 11.2 Å². The topological polar surface area (TPSA) is 111 Å². The third-order valence-electron chi connectivity index (χ3n) is 4.95. The zero-order valence-corrected chi connectivity index (χ0v) is 17.6. The monoisotopic (exact) mass is 431 g/mol. The molecule has 2 aromatic heterocycles. The molecule has 0 fully saturated rings. The number of aliphatic hydroxyl groups excluding tert-OH is 1. The number of amides is 1. The van der Waals surface area contributed by atoms with Gasteiger partial charge in [0.2, 0.25) is 5.91 Å². The van der Waals surface area contributed by atoms with E-state index in [9.17, 15) is 23.9 Å². The van der Waals surface area contributed by atoms with Crippen LogP contribution in [0.3, 0.4) is 0 Å². The Morgan fingerprint density at radius 2 is 1.77 bits per heavy atom. The number of carbonyl (C=O) groups is 1. The summed E-state index contributed by atoms with van der Waals surface area (Å²) in [7, 11) is 0. The lowest BCUT2D eigenvalue weighted by Crippen LogP contribution is -2.43. The number of aromatic nitrogens is 4. The summed E-state index contributed by atoms with van der Waals surface area (Å²) < 4.78 is 16.9. The molecule has 1 aromatic carbocycles. The largest absolute Gasteiger partial charge is 0.388 e. The second kappa shape index (κ2) is 9.69. The van der Waals surface area contributed by atoms with Crippen molar-refractivity contribution in [3.05, 3.63) is 56.7 Å². The highest BCUT2D eigenvalue weighted by molar-refractivity contribution is 5.90. The number of hydrogen-bond donors (Lipinski definition) is 2. The molecule has 0 radical (unpaired) electrons. The average molecular weight is 431 g/mol. The van der Waals surface area contributed by atoms with Gasteiger partial charge in [-0.3, -0.25) is 14.2 Å². The van der Waals surface area contributed by atoms with E-state index in [4.69, 9.17) is 0 Å². The fourth-order valence-electron chi connectivity index (χ4n) is 3.46. The molecular formula is C21H26FN5O4. The molecule has 0 aliphatic heterocycles. The Balaban J connectivity index is 2.10. The summed E-state index contributed by atoms with van der Waals surface area (Å²) in [6.07, 6.45) is 2.20. The van der Waals surface area contributed by atoms with Crippen LogP contribution in [0.2, 0.25) is 0 Å². The highest BCUT2D eigenvalue weighted by Crippen LogP contribution is 2.14. The van der Waals surface area contributed by atoms with Crippen molar-refractivity contribution in [2.24, 2.45) is 0 Å². The number of hydrogen-bond acceptors (Lipinski definition) is 5. The molecule has 3 rings (SSSR count). The minimum Gasteiger partial charge on any atom is -0.388 e. The number of unbranched alkanes of at least 4 members (excludes halogenated alkanes) is 1. The first kappa shape index (κ1) is 22.4. The van der Waals surface area contributed by atoms with Crippen LogP contribution in [0.1, 0.15) is 38.9 Å². The van der Waals surface area contributed by atoms with E-state index in [2.05, 4.69) is 10.3 Å². The second-order valence-corrected chi connectivity index (χ2v) is 7.24. The van der Waals surface area contributed by atoms with Crippen LogP contribution in [-0.4, -0.2) is 29.7 Å². The number of aliphatic hydroxyl groups is 1. The molecule has 2 heterocycles. The molecule has 0 bridgehead atoms. The van der Waals surface area contributed by atoms with Crippen molar-refractivity contribution in [1.29, 1.82) is 0 Å². The molecule has 0 spiro atoms. The Labute approximate surface area is 177 Å². The molecule has 0 aliphatic rings. The number of fused-ring (bicyclic) bond motifs is 1. The Morgan fingerprint density at radius 3 is 2.39 bits per heavy atom. The summed E-state index contributed by atoms with van der Waals surface area (Å²) in [5, 5.41) is 12.3. The first-order valence-corrected chi connectivity index (χ1v) is 10.3. The molecular weight excluding hydrogens is 405 g/mol. The van der Waals surface area contributed by atoms with E-state index in [1.54, 1.807) is 4.57 Å². The molecule has 0 atom stereocenters. The number of imidazole rings is 1. The maximum absolute atomic E-state index is 13.2. The fraction of sp³-hybridized carbons (Fsp3) is 0.429. The lowest BCUT2D eigenvalue weighted by molar-refractivity contribution is -0.116. The average Bonchev–Trinajstić information content (AvgIpc) is 3.11. The van der Waals surface area contributed by atoms with Crippen molar-refractivity contribution in [3.63, 3.8) is 0 Å². The summed E-state index contributed by atoms with van der Waals surface area (Å²) in [6.45, 7) is 3.80. The van der Waals surface area contributed by atoms with E-state index in [1.807, 2.05) is 13.8 Å². The number of rotatable bonds is 9. The third-order valence-corrected chi connectivity index (χ3v) is 4.95. The van der Waals surface area contributed by atoms with Gasteiger partial charge >= 0.3 is 5.69 Å². The van der Waals surface area contributed by atoms with Crippen LogP contribution in [-0.2, 0) is 31.0 Å². The van der Waals surface area contributed by atoms with Gasteiger partial charge in [-0.15, -0.1) is 0 Å². The lowest BCUT2D eigenvalue weighted by atomic mass is 10.3. The van der Waals surface area contributed by atoms with Gasteiger partial charge in [0.05, 0.1) is 0 Å². The van der Waals surface area contributed by atoms with Crippen LogP contribution < -0.4 is 16.6 Å². The number of aryl methyl sites for hydroxylation is 2. The Hall–Kier alpha value is -3.27. The summed E-state index contributed by atoms with van der Waals surface area (Å²) in [6, 6.07) is 5.18. The normalized spacial score (nSPS) is 11.2. The molecule has 3 aromatic rings. The summed E-state index contributed by atoms with van der Waals surface area (Å²) in [5.41, 5.74) is -0.508. The molecule has 0 unspecified atom stereocenters. The maximum atomic E-state index is 13.2. The van der Waals surface area contributed by atoms with Crippen molar-refractivity contribution < 1.29 is 14.3 Å². The van der Waals surface area contributed by atoms with Gasteiger partial charge in [0.25, 0.3) is 5.56 Å². The van der Waals surface area contributed by atoms with Crippen molar-refractivity contribution >= 4 is 22.8 Å². The molecule has 166 valence electrons. The van der Waals surface area contributed by atoms with Crippen molar-refractivity contribution in [2.75, 3.05) is 5.32 Å². The first-order chi connectivity index (χ1) is 14.9. The van der Waals surface area contributed by atoms with Gasteiger partial charge in [-0.1, -0.05) is 20.3 Å². The number of nitrogens with zero attached hydrogens (tertiary/aromatic N) is 4. The van der Waals surface area contributed by atoms with Gasteiger partial charge < -0.3 is 15.0 Å². The molecule has 2 N–H and O–H groups in total.